The summed E-state index contributed by atoms with van der Waals surface area (Å²) in [5.74, 6) is -0.293. The van der Waals surface area contributed by atoms with E-state index in [9.17, 15) is 18.0 Å². The number of carbonyl (C=O) groups excluding carboxylic acids is 1. The highest BCUT2D eigenvalue weighted by Crippen LogP contribution is 2.36. The zero-order valence-electron chi connectivity index (χ0n) is 14.3. The monoisotopic (exact) mass is 386 g/mol. The molecule has 0 aliphatic heterocycles. The van der Waals surface area contributed by atoms with Gasteiger partial charge in [0.2, 0.25) is 5.95 Å². The maximum atomic E-state index is 13.1. The number of carbonyl (C=O) groups is 1. The van der Waals surface area contributed by atoms with Gasteiger partial charge in [0.05, 0.1) is 16.8 Å². The summed E-state index contributed by atoms with van der Waals surface area (Å²) in [6.45, 7) is 2.83. The minimum absolute atomic E-state index is 0.0562. The van der Waals surface area contributed by atoms with Crippen LogP contribution in [0.2, 0.25) is 5.02 Å². The lowest BCUT2D eigenvalue weighted by molar-refractivity contribution is -0.136. The molecule has 1 aromatic carbocycles. The van der Waals surface area contributed by atoms with Gasteiger partial charge in [-0.2, -0.15) is 13.2 Å². The van der Waals surface area contributed by atoms with Gasteiger partial charge in [-0.05, 0) is 24.6 Å². The number of aromatic nitrogens is 2. The third-order valence-electron chi connectivity index (χ3n) is 3.62. The van der Waals surface area contributed by atoms with Gasteiger partial charge >= 0.3 is 6.18 Å². The van der Waals surface area contributed by atoms with Crippen LogP contribution in [0.15, 0.2) is 30.6 Å². The number of unbranched alkanes of at least 4 members (excludes halogenated alkanes) is 1. The topological polar surface area (TPSA) is 58.1 Å². The van der Waals surface area contributed by atoms with Gasteiger partial charge in [-0.3, -0.25) is 4.79 Å². The SMILES string of the molecule is CCCCN(C)c1ncc(C(=O)Nc2ccc(Cl)cc2C(F)(F)F)cn1. The van der Waals surface area contributed by atoms with E-state index < -0.39 is 17.6 Å². The quantitative estimate of drug-likeness (QED) is 0.785. The number of hydrogen-bond donors (Lipinski definition) is 1. The average molecular weight is 387 g/mol. The highest BCUT2D eigenvalue weighted by Gasteiger charge is 2.34. The van der Waals surface area contributed by atoms with Crippen LogP contribution in [0.1, 0.15) is 35.7 Å². The number of alkyl halides is 3. The van der Waals surface area contributed by atoms with Gasteiger partial charge in [-0.25, -0.2) is 9.97 Å². The molecule has 0 aliphatic rings. The summed E-state index contributed by atoms with van der Waals surface area (Å²) in [6, 6.07) is 3.14. The van der Waals surface area contributed by atoms with Gasteiger partial charge < -0.3 is 10.2 Å². The van der Waals surface area contributed by atoms with Crippen LogP contribution in [0, 0.1) is 0 Å². The first-order valence-electron chi connectivity index (χ1n) is 7.93. The number of rotatable bonds is 6. The van der Waals surface area contributed by atoms with E-state index in [1.807, 2.05) is 11.9 Å². The van der Waals surface area contributed by atoms with Crippen LogP contribution < -0.4 is 10.2 Å². The van der Waals surface area contributed by atoms with Gasteiger partial charge in [0, 0.05) is 31.0 Å². The molecule has 26 heavy (non-hydrogen) atoms. The van der Waals surface area contributed by atoms with Crippen molar-refractivity contribution in [1.82, 2.24) is 9.97 Å². The van der Waals surface area contributed by atoms with E-state index in [2.05, 4.69) is 22.2 Å². The van der Waals surface area contributed by atoms with Crippen molar-refractivity contribution in [2.75, 3.05) is 23.8 Å². The molecule has 1 N–H and O–H groups in total. The maximum absolute atomic E-state index is 13.1. The van der Waals surface area contributed by atoms with Crippen LogP contribution in [-0.2, 0) is 6.18 Å². The van der Waals surface area contributed by atoms with Crippen LogP contribution in [-0.4, -0.2) is 29.5 Å². The molecule has 140 valence electrons. The molecule has 0 aliphatic carbocycles. The van der Waals surface area contributed by atoms with Crippen molar-refractivity contribution in [2.24, 2.45) is 0 Å². The zero-order valence-corrected chi connectivity index (χ0v) is 15.0. The van der Waals surface area contributed by atoms with E-state index in [0.29, 0.717) is 5.95 Å². The van der Waals surface area contributed by atoms with Crippen molar-refractivity contribution in [3.8, 4) is 0 Å². The smallest absolute Gasteiger partial charge is 0.344 e. The second-order valence-electron chi connectivity index (χ2n) is 5.69. The third kappa shape index (κ3) is 5.08. The van der Waals surface area contributed by atoms with E-state index in [1.165, 1.54) is 18.5 Å². The first-order valence-corrected chi connectivity index (χ1v) is 8.31. The fourth-order valence-corrected chi connectivity index (χ4v) is 2.36. The Labute approximate surface area is 154 Å². The van der Waals surface area contributed by atoms with Crippen molar-refractivity contribution >= 4 is 29.1 Å². The molecule has 1 aromatic heterocycles. The Hall–Kier alpha value is -2.35. The van der Waals surface area contributed by atoms with Gasteiger partial charge in [0.15, 0.2) is 0 Å². The predicted octanol–water partition coefficient (Wildman–Crippen LogP) is 4.64. The standard InChI is InChI=1S/C17H18ClF3N4O/c1-3-4-7-25(2)16-22-9-11(10-23-16)15(26)24-14-6-5-12(18)8-13(14)17(19,20)21/h5-6,8-10H,3-4,7H2,1-2H3,(H,24,26). The number of hydrogen-bond acceptors (Lipinski definition) is 4. The minimum atomic E-state index is -4.64. The second-order valence-corrected chi connectivity index (χ2v) is 6.13. The number of halogens is 4. The van der Waals surface area contributed by atoms with Gasteiger partial charge in [0.25, 0.3) is 5.91 Å². The maximum Gasteiger partial charge on any atom is 0.418 e. The summed E-state index contributed by atoms with van der Waals surface area (Å²) in [5.41, 5.74) is -1.34. The highest BCUT2D eigenvalue weighted by atomic mass is 35.5. The lowest BCUT2D eigenvalue weighted by atomic mass is 10.1. The van der Waals surface area contributed by atoms with Gasteiger partial charge in [-0.15, -0.1) is 0 Å². The van der Waals surface area contributed by atoms with E-state index in [1.54, 1.807) is 0 Å². The van der Waals surface area contributed by atoms with Crippen LogP contribution in [0.25, 0.3) is 0 Å². The minimum Gasteiger partial charge on any atom is -0.344 e. The predicted molar refractivity (Wildman–Crippen MR) is 94.6 cm³/mol. The molecule has 0 saturated heterocycles. The molecule has 1 heterocycles. The van der Waals surface area contributed by atoms with Crippen molar-refractivity contribution < 1.29 is 18.0 Å². The summed E-state index contributed by atoms with van der Waals surface area (Å²) in [6.07, 6.45) is -0.0885. The van der Waals surface area contributed by atoms with Crippen LogP contribution in [0.5, 0.6) is 0 Å². The Morgan fingerprint density at radius 1 is 1.27 bits per heavy atom. The lowest BCUT2D eigenvalue weighted by Gasteiger charge is -2.16. The number of nitrogens with zero attached hydrogens (tertiary/aromatic N) is 3. The fourth-order valence-electron chi connectivity index (χ4n) is 2.19. The van der Waals surface area contributed by atoms with E-state index in [-0.39, 0.29) is 16.3 Å². The molecule has 1 amide bonds. The fraction of sp³-hybridized carbons (Fsp3) is 0.353. The molecule has 5 nitrogen and oxygen atoms in total. The third-order valence-corrected chi connectivity index (χ3v) is 3.86. The van der Waals surface area contributed by atoms with Crippen molar-refractivity contribution in [1.29, 1.82) is 0 Å². The Bertz CT molecular complexity index is 766. The largest absolute Gasteiger partial charge is 0.418 e. The molecule has 0 spiro atoms. The Morgan fingerprint density at radius 2 is 1.92 bits per heavy atom. The summed E-state index contributed by atoms with van der Waals surface area (Å²) >= 11 is 5.62. The molecule has 0 saturated carbocycles. The molecular formula is C17H18ClF3N4O. The molecule has 0 unspecified atom stereocenters. The number of anilines is 2. The van der Waals surface area contributed by atoms with Gasteiger partial charge in [0.1, 0.15) is 0 Å². The van der Waals surface area contributed by atoms with Gasteiger partial charge in [-0.1, -0.05) is 24.9 Å². The molecule has 0 atom stereocenters. The Kier molecular flexibility index (Phi) is 6.42. The van der Waals surface area contributed by atoms with E-state index in [4.69, 9.17) is 11.6 Å². The van der Waals surface area contributed by atoms with Crippen LogP contribution in [0.3, 0.4) is 0 Å². The van der Waals surface area contributed by atoms with Crippen molar-refractivity contribution in [2.45, 2.75) is 25.9 Å². The van der Waals surface area contributed by atoms with Crippen molar-refractivity contribution in [3.63, 3.8) is 0 Å². The number of nitrogens with one attached hydrogen (secondary N) is 1. The van der Waals surface area contributed by atoms with Crippen LogP contribution in [0.4, 0.5) is 24.8 Å². The zero-order chi connectivity index (χ0) is 19.3. The Balaban J connectivity index is 2.16. The molecular weight excluding hydrogens is 369 g/mol. The second kappa shape index (κ2) is 8.35. The molecule has 0 radical (unpaired) electrons. The number of amides is 1. The summed E-state index contributed by atoms with van der Waals surface area (Å²) in [7, 11) is 1.83. The first-order chi connectivity index (χ1) is 12.2. The summed E-state index contributed by atoms with van der Waals surface area (Å²) < 4.78 is 39.3. The highest BCUT2D eigenvalue weighted by molar-refractivity contribution is 6.30. The molecule has 0 fully saturated rings. The molecule has 2 aromatic rings. The normalized spacial score (nSPS) is 11.3. The Morgan fingerprint density at radius 3 is 2.50 bits per heavy atom. The van der Waals surface area contributed by atoms with Crippen LogP contribution >= 0.6 is 11.6 Å². The molecule has 9 heteroatoms. The lowest BCUT2D eigenvalue weighted by Crippen LogP contribution is -2.22. The average Bonchev–Trinajstić information content (AvgIpc) is 2.60. The molecule has 0 bridgehead atoms. The first kappa shape index (κ1) is 20.0. The van der Waals surface area contributed by atoms with E-state index >= 15 is 0 Å². The molecule has 2 rings (SSSR count). The van der Waals surface area contributed by atoms with Crippen molar-refractivity contribution in [3.05, 3.63) is 46.7 Å². The van der Waals surface area contributed by atoms with E-state index in [0.717, 1.165) is 31.5 Å². The summed E-state index contributed by atoms with van der Waals surface area (Å²) in [4.78, 5) is 22.2. The number of benzene rings is 1. The summed E-state index contributed by atoms with van der Waals surface area (Å²) in [5, 5.41) is 2.16.